The zero-order chi connectivity index (χ0) is 13.8. The first-order chi connectivity index (χ1) is 9.10. The number of hydrogen-bond donors (Lipinski definition) is 1. The van der Waals surface area contributed by atoms with E-state index in [1.165, 1.54) is 26.9 Å². The summed E-state index contributed by atoms with van der Waals surface area (Å²) in [6, 6.07) is 0. The predicted octanol–water partition coefficient (Wildman–Crippen LogP) is 2.91. The molecule has 0 saturated heterocycles. The van der Waals surface area contributed by atoms with Gasteiger partial charge in [-0.25, -0.2) is 9.97 Å². The van der Waals surface area contributed by atoms with E-state index >= 15 is 0 Å². The normalized spacial score (nSPS) is 11.4. The van der Waals surface area contributed by atoms with Crippen LogP contribution in [0.5, 0.6) is 0 Å². The molecule has 0 atom stereocenters. The van der Waals surface area contributed by atoms with Gasteiger partial charge in [-0.15, -0.1) is 22.7 Å². The van der Waals surface area contributed by atoms with E-state index in [-0.39, 0.29) is 0 Å². The van der Waals surface area contributed by atoms with Crippen molar-refractivity contribution < 1.29 is 0 Å². The minimum Gasteiger partial charge on any atom is -0.375 e. The third kappa shape index (κ3) is 3.75. The number of nitrogen functional groups attached to an aromatic ring is 1. The Hall–Kier alpha value is -0.980. The number of rotatable bonds is 6. The molecule has 0 bridgehead atoms. The minimum atomic E-state index is 0.626. The summed E-state index contributed by atoms with van der Waals surface area (Å²) in [7, 11) is 4.17. The second-order valence-electron chi connectivity index (χ2n) is 4.76. The molecule has 2 heterocycles. The average Bonchev–Trinajstić information content (AvgIpc) is 2.93. The lowest BCUT2D eigenvalue weighted by molar-refractivity contribution is 0.413. The number of likely N-dealkylation sites (N-methyl/N-ethyl adjacent to an activating group) is 1. The van der Waals surface area contributed by atoms with Crippen molar-refractivity contribution in [2.75, 3.05) is 26.4 Å². The van der Waals surface area contributed by atoms with E-state index in [1.54, 1.807) is 11.3 Å². The summed E-state index contributed by atoms with van der Waals surface area (Å²) in [5.41, 5.74) is 7.89. The Morgan fingerprint density at radius 3 is 2.63 bits per heavy atom. The highest BCUT2D eigenvalue weighted by molar-refractivity contribution is 7.16. The highest BCUT2D eigenvalue weighted by Gasteiger charge is 2.14. The van der Waals surface area contributed by atoms with Crippen molar-refractivity contribution in [3.05, 3.63) is 16.1 Å². The van der Waals surface area contributed by atoms with Crippen LogP contribution in [0.15, 0.2) is 5.38 Å². The number of aromatic nitrogens is 2. The zero-order valence-electron chi connectivity index (χ0n) is 11.6. The molecule has 0 spiro atoms. The maximum Gasteiger partial charge on any atom is 0.180 e. The summed E-state index contributed by atoms with van der Waals surface area (Å²) in [5, 5.41) is 3.84. The molecule has 19 heavy (non-hydrogen) atoms. The monoisotopic (exact) mass is 296 g/mol. The number of thiazole rings is 2. The van der Waals surface area contributed by atoms with Crippen molar-refractivity contribution in [3.8, 4) is 10.6 Å². The third-order valence-electron chi connectivity index (χ3n) is 2.76. The highest BCUT2D eigenvalue weighted by atomic mass is 32.1. The molecular formula is C13H20N4S2. The summed E-state index contributed by atoms with van der Waals surface area (Å²) in [4.78, 5) is 12.5. The van der Waals surface area contributed by atoms with Crippen molar-refractivity contribution in [2.45, 2.75) is 26.2 Å². The molecule has 104 valence electrons. The van der Waals surface area contributed by atoms with Gasteiger partial charge in [0.25, 0.3) is 0 Å². The molecule has 0 aliphatic rings. The van der Waals surface area contributed by atoms with Gasteiger partial charge in [-0.05, 0) is 20.5 Å². The number of nitrogens with two attached hydrogens (primary N) is 1. The van der Waals surface area contributed by atoms with Crippen LogP contribution in [0.25, 0.3) is 10.6 Å². The van der Waals surface area contributed by atoms with Gasteiger partial charge in [0.1, 0.15) is 0 Å². The third-order valence-corrected chi connectivity index (χ3v) is 4.61. The summed E-state index contributed by atoms with van der Waals surface area (Å²) < 4.78 is 0. The van der Waals surface area contributed by atoms with Gasteiger partial charge in [-0.1, -0.05) is 13.3 Å². The lowest BCUT2D eigenvalue weighted by atomic mass is 10.2. The Kier molecular flexibility index (Phi) is 4.90. The Morgan fingerprint density at radius 1 is 1.26 bits per heavy atom. The lowest BCUT2D eigenvalue weighted by Crippen LogP contribution is -2.14. The van der Waals surface area contributed by atoms with E-state index in [9.17, 15) is 0 Å². The fourth-order valence-electron chi connectivity index (χ4n) is 1.83. The topological polar surface area (TPSA) is 55.0 Å². The molecule has 0 radical (unpaired) electrons. The van der Waals surface area contributed by atoms with E-state index < -0.39 is 0 Å². The first-order valence-electron chi connectivity index (χ1n) is 6.44. The van der Waals surface area contributed by atoms with Crippen LogP contribution in [0.2, 0.25) is 0 Å². The van der Waals surface area contributed by atoms with Crippen LogP contribution in [0.1, 0.15) is 24.0 Å². The Labute approximate surface area is 122 Å². The Morgan fingerprint density at radius 2 is 2.05 bits per heavy atom. The van der Waals surface area contributed by atoms with Crippen molar-refractivity contribution in [1.29, 1.82) is 0 Å². The molecular weight excluding hydrogens is 276 g/mol. The molecule has 0 saturated carbocycles. The summed E-state index contributed by atoms with van der Waals surface area (Å²) in [6.45, 7) is 3.20. The van der Waals surface area contributed by atoms with E-state index in [0.717, 1.165) is 31.5 Å². The number of nitrogens with zero attached hydrogens (tertiary/aromatic N) is 3. The molecule has 0 aliphatic carbocycles. The van der Waals surface area contributed by atoms with Gasteiger partial charge in [0.05, 0.1) is 21.3 Å². The molecule has 0 aliphatic heterocycles. The lowest BCUT2D eigenvalue weighted by Gasteiger charge is -2.06. The standard InChI is InChI=1S/C13H20N4S2/c1-4-5-9-12(10-8-18-13(14)16-10)19-11(15-9)6-7-17(2)3/h8H,4-7H2,1-3H3,(H2,14,16). The van der Waals surface area contributed by atoms with E-state index in [4.69, 9.17) is 10.7 Å². The molecule has 0 amide bonds. The average molecular weight is 296 g/mol. The molecule has 2 aromatic heterocycles. The quantitative estimate of drug-likeness (QED) is 0.890. The van der Waals surface area contributed by atoms with E-state index in [0.29, 0.717) is 5.13 Å². The first-order valence-corrected chi connectivity index (χ1v) is 8.14. The highest BCUT2D eigenvalue weighted by Crippen LogP contribution is 2.32. The summed E-state index contributed by atoms with van der Waals surface area (Å²) in [5.74, 6) is 0. The van der Waals surface area contributed by atoms with Gasteiger partial charge < -0.3 is 10.6 Å². The second kappa shape index (κ2) is 6.45. The molecule has 2 aromatic rings. The summed E-state index contributed by atoms with van der Waals surface area (Å²) in [6.07, 6.45) is 3.10. The van der Waals surface area contributed by atoms with Crippen LogP contribution in [0.3, 0.4) is 0 Å². The van der Waals surface area contributed by atoms with Gasteiger partial charge in [0.2, 0.25) is 0 Å². The second-order valence-corrected chi connectivity index (χ2v) is 6.73. The predicted molar refractivity (Wildman–Crippen MR) is 83.9 cm³/mol. The van der Waals surface area contributed by atoms with Crippen LogP contribution in [-0.2, 0) is 12.8 Å². The van der Waals surface area contributed by atoms with Gasteiger partial charge in [-0.3, -0.25) is 0 Å². The molecule has 4 nitrogen and oxygen atoms in total. The van der Waals surface area contributed by atoms with Gasteiger partial charge in [0, 0.05) is 18.3 Å². The molecule has 0 aromatic carbocycles. The number of aryl methyl sites for hydroxylation is 1. The zero-order valence-corrected chi connectivity index (χ0v) is 13.3. The van der Waals surface area contributed by atoms with Crippen LogP contribution in [0, 0.1) is 0 Å². The van der Waals surface area contributed by atoms with Crippen molar-refractivity contribution in [2.24, 2.45) is 0 Å². The maximum atomic E-state index is 5.73. The Balaban J connectivity index is 2.25. The fraction of sp³-hybridized carbons (Fsp3) is 0.538. The van der Waals surface area contributed by atoms with Crippen LogP contribution < -0.4 is 5.73 Å². The van der Waals surface area contributed by atoms with Crippen LogP contribution in [-0.4, -0.2) is 35.5 Å². The summed E-state index contributed by atoms with van der Waals surface area (Å²) >= 11 is 3.25. The van der Waals surface area contributed by atoms with Gasteiger partial charge >= 0.3 is 0 Å². The van der Waals surface area contributed by atoms with Crippen molar-refractivity contribution in [1.82, 2.24) is 14.9 Å². The molecule has 6 heteroatoms. The minimum absolute atomic E-state index is 0.626. The Bertz CT molecular complexity index is 530. The largest absolute Gasteiger partial charge is 0.375 e. The van der Waals surface area contributed by atoms with Crippen molar-refractivity contribution in [3.63, 3.8) is 0 Å². The van der Waals surface area contributed by atoms with E-state index in [1.807, 2.05) is 5.38 Å². The fourth-order valence-corrected chi connectivity index (χ4v) is 3.51. The van der Waals surface area contributed by atoms with Gasteiger partial charge in [0.15, 0.2) is 5.13 Å². The first kappa shape index (κ1) is 14.4. The van der Waals surface area contributed by atoms with Crippen LogP contribution in [0.4, 0.5) is 5.13 Å². The molecule has 2 rings (SSSR count). The van der Waals surface area contributed by atoms with E-state index in [2.05, 4.69) is 30.9 Å². The molecule has 2 N–H and O–H groups in total. The number of anilines is 1. The van der Waals surface area contributed by atoms with Crippen molar-refractivity contribution >= 4 is 27.8 Å². The van der Waals surface area contributed by atoms with Gasteiger partial charge in [-0.2, -0.15) is 0 Å². The maximum absolute atomic E-state index is 5.73. The SMILES string of the molecule is CCCc1nc(CCN(C)C)sc1-c1csc(N)n1. The molecule has 0 fully saturated rings. The number of hydrogen-bond acceptors (Lipinski definition) is 6. The smallest absolute Gasteiger partial charge is 0.180 e. The van der Waals surface area contributed by atoms with Crippen LogP contribution >= 0.6 is 22.7 Å². The molecule has 0 unspecified atom stereocenters.